The van der Waals surface area contributed by atoms with Crippen molar-refractivity contribution in [3.8, 4) is 5.75 Å². The van der Waals surface area contributed by atoms with Crippen molar-refractivity contribution in [2.75, 3.05) is 13.2 Å². The zero-order valence-corrected chi connectivity index (χ0v) is 13.6. The van der Waals surface area contributed by atoms with E-state index >= 15 is 0 Å². The van der Waals surface area contributed by atoms with Gasteiger partial charge in [-0.1, -0.05) is 19.1 Å². The molecular weight excluding hydrogens is 280 g/mol. The van der Waals surface area contributed by atoms with Crippen LogP contribution in [0.4, 0.5) is 0 Å². The quantitative estimate of drug-likeness (QED) is 0.840. The van der Waals surface area contributed by atoms with Gasteiger partial charge in [0.1, 0.15) is 11.9 Å². The molecule has 0 radical (unpaired) electrons. The van der Waals surface area contributed by atoms with Gasteiger partial charge in [-0.3, -0.25) is 4.79 Å². The molecule has 3 N–H and O–H groups in total. The molecule has 1 heterocycles. The first-order chi connectivity index (χ1) is 10.5. The van der Waals surface area contributed by atoms with Crippen molar-refractivity contribution in [2.24, 2.45) is 11.7 Å². The third-order valence-corrected chi connectivity index (χ3v) is 4.06. The Hall–Kier alpha value is -1.59. The van der Waals surface area contributed by atoms with Crippen molar-refractivity contribution in [2.45, 2.75) is 45.9 Å². The molecule has 5 heteroatoms. The summed E-state index contributed by atoms with van der Waals surface area (Å²) in [5.74, 6) is 0.577. The van der Waals surface area contributed by atoms with Crippen LogP contribution in [0.5, 0.6) is 5.75 Å². The molecule has 2 rings (SSSR count). The van der Waals surface area contributed by atoms with Crippen LogP contribution in [0.2, 0.25) is 0 Å². The van der Waals surface area contributed by atoms with Crippen LogP contribution in [0.25, 0.3) is 0 Å². The van der Waals surface area contributed by atoms with Gasteiger partial charge in [-0.25, -0.2) is 0 Å². The Bertz CT molecular complexity index is 511. The maximum Gasteiger partial charge on any atom is 0.224 e. The smallest absolute Gasteiger partial charge is 0.224 e. The number of hydrogen-bond acceptors (Lipinski definition) is 4. The number of carbonyl (C=O) groups is 1. The zero-order chi connectivity index (χ0) is 16.1. The molecule has 1 saturated heterocycles. The Morgan fingerprint density at radius 3 is 2.91 bits per heavy atom. The number of hydrogen-bond donors (Lipinski definition) is 2. The Kier molecular flexibility index (Phi) is 5.80. The van der Waals surface area contributed by atoms with Gasteiger partial charge in [-0.15, -0.1) is 0 Å². The van der Waals surface area contributed by atoms with Crippen LogP contribution < -0.4 is 15.8 Å². The van der Waals surface area contributed by atoms with Crippen molar-refractivity contribution in [1.82, 2.24) is 5.32 Å². The first kappa shape index (κ1) is 16.8. The second-order valence-corrected chi connectivity index (χ2v) is 6.08. The van der Waals surface area contributed by atoms with Crippen molar-refractivity contribution in [3.05, 3.63) is 29.3 Å². The van der Waals surface area contributed by atoms with Gasteiger partial charge >= 0.3 is 0 Å². The molecule has 3 unspecified atom stereocenters. The van der Waals surface area contributed by atoms with Crippen molar-refractivity contribution >= 4 is 5.91 Å². The Labute approximate surface area is 132 Å². The van der Waals surface area contributed by atoms with Crippen LogP contribution in [0.3, 0.4) is 0 Å². The average molecular weight is 306 g/mol. The molecule has 0 bridgehead atoms. The lowest BCUT2D eigenvalue weighted by molar-refractivity contribution is -0.125. The lowest BCUT2D eigenvalue weighted by Gasteiger charge is -2.18. The Morgan fingerprint density at radius 1 is 1.50 bits per heavy atom. The zero-order valence-electron chi connectivity index (χ0n) is 13.6. The van der Waals surface area contributed by atoms with Crippen LogP contribution in [0.15, 0.2) is 18.2 Å². The highest BCUT2D eigenvalue weighted by Crippen LogP contribution is 2.24. The third kappa shape index (κ3) is 4.45. The molecule has 0 saturated carbocycles. The highest BCUT2D eigenvalue weighted by atomic mass is 16.5. The summed E-state index contributed by atoms with van der Waals surface area (Å²) >= 11 is 0. The fourth-order valence-electron chi connectivity index (χ4n) is 2.29. The van der Waals surface area contributed by atoms with Gasteiger partial charge in [0.25, 0.3) is 0 Å². The number of benzene rings is 1. The standard InChI is InChI=1S/C17H26N2O3/c1-11-4-5-14(9-19-17(20)12(2)13(3)18)16(8-11)22-15-6-7-21-10-15/h4-5,8,12-13,15H,6-7,9-10,18H2,1-3H3,(H,19,20). The molecule has 0 spiro atoms. The topological polar surface area (TPSA) is 73.6 Å². The van der Waals surface area contributed by atoms with E-state index in [0.29, 0.717) is 13.2 Å². The van der Waals surface area contributed by atoms with Crippen LogP contribution in [0, 0.1) is 12.8 Å². The van der Waals surface area contributed by atoms with Crippen molar-refractivity contribution in [1.29, 1.82) is 0 Å². The van der Waals surface area contributed by atoms with Crippen LogP contribution >= 0.6 is 0 Å². The normalized spacial score (nSPS) is 20.5. The van der Waals surface area contributed by atoms with E-state index in [2.05, 4.69) is 5.32 Å². The van der Waals surface area contributed by atoms with E-state index in [1.807, 2.05) is 39.0 Å². The molecule has 1 aromatic rings. The van der Waals surface area contributed by atoms with Gasteiger partial charge in [0, 0.05) is 30.5 Å². The first-order valence-corrected chi connectivity index (χ1v) is 7.84. The molecule has 0 aliphatic carbocycles. The summed E-state index contributed by atoms with van der Waals surface area (Å²) in [4.78, 5) is 12.0. The molecular formula is C17H26N2O3. The van der Waals surface area contributed by atoms with Crippen LogP contribution in [-0.4, -0.2) is 31.3 Å². The summed E-state index contributed by atoms with van der Waals surface area (Å²) in [6.07, 6.45) is 1.00. The van der Waals surface area contributed by atoms with Crippen molar-refractivity contribution < 1.29 is 14.3 Å². The van der Waals surface area contributed by atoms with Crippen molar-refractivity contribution in [3.63, 3.8) is 0 Å². The van der Waals surface area contributed by atoms with Crippen LogP contribution in [-0.2, 0) is 16.1 Å². The molecule has 122 valence electrons. The first-order valence-electron chi connectivity index (χ1n) is 7.84. The average Bonchev–Trinajstić information content (AvgIpc) is 2.98. The molecule has 0 aromatic heterocycles. The number of rotatable bonds is 6. The van der Waals surface area contributed by atoms with Gasteiger partial charge in [0.15, 0.2) is 0 Å². The SMILES string of the molecule is Cc1ccc(CNC(=O)C(C)C(C)N)c(OC2CCOC2)c1. The van der Waals surface area contributed by atoms with Gasteiger partial charge in [0.05, 0.1) is 13.2 Å². The predicted octanol–water partition coefficient (Wildman–Crippen LogP) is 1.76. The molecule has 1 aromatic carbocycles. The maximum atomic E-state index is 12.0. The summed E-state index contributed by atoms with van der Waals surface area (Å²) < 4.78 is 11.4. The minimum absolute atomic E-state index is 0.0364. The summed E-state index contributed by atoms with van der Waals surface area (Å²) in [7, 11) is 0. The molecule has 1 aliphatic rings. The number of aryl methyl sites for hydroxylation is 1. The predicted molar refractivity (Wildman–Crippen MR) is 85.7 cm³/mol. The van der Waals surface area contributed by atoms with E-state index in [0.717, 1.165) is 29.9 Å². The van der Waals surface area contributed by atoms with Crippen LogP contribution in [0.1, 0.15) is 31.4 Å². The van der Waals surface area contributed by atoms with E-state index in [-0.39, 0.29) is 24.0 Å². The highest BCUT2D eigenvalue weighted by molar-refractivity contribution is 5.79. The minimum Gasteiger partial charge on any atom is -0.488 e. The second kappa shape index (κ2) is 7.61. The number of carbonyl (C=O) groups excluding carboxylic acids is 1. The second-order valence-electron chi connectivity index (χ2n) is 6.08. The highest BCUT2D eigenvalue weighted by Gasteiger charge is 2.20. The molecule has 3 atom stereocenters. The van der Waals surface area contributed by atoms with Gasteiger partial charge in [0.2, 0.25) is 5.91 Å². The fraction of sp³-hybridized carbons (Fsp3) is 0.588. The summed E-state index contributed by atoms with van der Waals surface area (Å²) in [6.45, 7) is 7.51. The maximum absolute atomic E-state index is 12.0. The summed E-state index contributed by atoms with van der Waals surface area (Å²) in [6, 6.07) is 5.87. The molecule has 5 nitrogen and oxygen atoms in total. The lowest BCUT2D eigenvalue weighted by Crippen LogP contribution is -2.38. The van der Waals surface area contributed by atoms with Gasteiger partial charge in [-0.2, -0.15) is 0 Å². The van der Waals surface area contributed by atoms with E-state index < -0.39 is 0 Å². The monoisotopic (exact) mass is 306 g/mol. The van der Waals surface area contributed by atoms with E-state index in [1.165, 1.54) is 0 Å². The molecule has 1 fully saturated rings. The van der Waals surface area contributed by atoms with Gasteiger partial charge in [-0.05, 0) is 25.5 Å². The third-order valence-electron chi connectivity index (χ3n) is 4.06. The largest absolute Gasteiger partial charge is 0.488 e. The minimum atomic E-state index is -0.210. The summed E-state index contributed by atoms with van der Waals surface area (Å²) in [5.41, 5.74) is 7.87. The number of nitrogens with one attached hydrogen (secondary N) is 1. The Morgan fingerprint density at radius 2 is 2.27 bits per heavy atom. The number of amides is 1. The Balaban J connectivity index is 2.01. The fourth-order valence-corrected chi connectivity index (χ4v) is 2.29. The lowest BCUT2D eigenvalue weighted by atomic mass is 10.0. The van der Waals surface area contributed by atoms with Gasteiger partial charge < -0.3 is 20.5 Å². The molecule has 1 aliphatic heterocycles. The molecule has 1 amide bonds. The van der Waals surface area contributed by atoms with E-state index in [9.17, 15) is 4.79 Å². The molecule has 22 heavy (non-hydrogen) atoms. The van der Waals surface area contributed by atoms with E-state index in [4.69, 9.17) is 15.2 Å². The number of ether oxygens (including phenoxy) is 2. The van der Waals surface area contributed by atoms with E-state index in [1.54, 1.807) is 0 Å². The summed E-state index contributed by atoms with van der Waals surface area (Å²) in [5, 5.41) is 2.93. The number of nitrogens with two attached hydrogens (primary N) is 1.